The van der Waals surface area contributed by atoms with Gasteiger partial charge in [-0.25, -0.2) is 4.98 Å². The van der Waals surface area contributed by atoms with E-state index in [2.05, 4.69) is 78.6 Å². The number of hydrogen-bond donors (Lipinski definition) is 2. The molecule has 3 atom stereocenters. The summed E-state index contributed by atoms with van der Waals surface area (Å²) in [5.41, 5.74) is 4.38. The number of phenols is 1. The van der Waals surface area contributed by atoms with E-state index in [1.165, 1.54) is 5.56 Å². The van der Waals surface area contributed by atoms with Gasteiger partial charge in [-0.15, -0.1) is 0 Å². The number of pyridine rings is 1. The molecule has 0 aliphatic carbocycles. The molecule has 2 aliphatic heterocycles. The Hall–Kier alpha value is -2.52. The van der Waals surface area contributed by atoms with E-state index < -0.39 is 0 Å². The summed E-state index contributed by atoms with van der Waals surface area (Å²) in [4.78, 5) is 17.6. The Labute approximate surface area is 234 Å². The summed E-state index contributed by atoms with van der Waals surface area (Å²) >= 11 is 0. The molecule has 2 fully saturated rings. The lowest BCUT2D eigenvalue weighted by Gasteiger charge is -2.46. The molecule has 3 aromatic rings. The molecule has 212 valence electrons. The van der Waals surface area contributed by atoms with Gasteiger partial charge in [0, 0.05) is 57.4 Å². The largest absolute Gasteiger partial charge is 0.508 e. The molecule has 2 aliphatic rings. The third kappa shape index (κ3) is 5.71. The quantitative estimate of drug-likeness (QED) is 0.449. The number of imidazole rings is 1. The van der Waals surface area contributed by atoms with Crippen molar-refractivity contribution in [1.82, 2.24) is 34.6 Å². The third-order valence-corrected chi connectivity index (χ3v) is 9.05. The summed E-state index contributed by atoms with van der Waals surface area (Å²) in [6, 6.07) is 11.3. The number of hydrogen-bond acceptors (Lipinski definition) is 7. The molecule has 1 aromatic carbocycles. The molecule has 0 radical (unpaired) electrons. The zero-order chi connectivity index (χ0) is 27.7. The first-order chi connectivity index (χ1) is 18.7. The second-order valence-corrected chi connectivity index (χ2v) is 12.2. The molecule has 0 bridgehead atoms. The molecule has 0 spiro atoms. The van der Waals surface area contributed by atoms with E-state index >= 15 is 0 Å². The van der Waals surface area contributed by atoms with Crippen molar-refractivity contribution in [2.75, 3.05) is 40.3 Å². The number of benzene rings is 1. The molecule has 8 heteroatoms. The van der Waals surface area contributed by atoms with Gasteiger partial charge in [-0.05, 0) is 71.0 Å². The summed E-state index contributed by atoms with van der Waals surface area (Å²) in [6.07, 6.45) is 6.29. The zero-order valence-corrected chi connectivity index (χ0v) is 24.7. The lowest BCUT2D eigenvalue weighted by atomic mass is 9.79. The number of aromatic nitrogens is 3. The highest BCUT2D eigenvalue weighted by Crippen LogP contribution is 2.39. The highest BCUT2D eigenvalue weighted by molar-refractivity contribution is 5.75. The Bertz CT molecular complexity index is 1250. The van der Waals surface area contributed by atoms with Crippen LogP contribution in [0.25, 0.3) is 11.0 Å². The van der Waals surface area contributed by atoms with Crippen LogP contribution >= 0.6 is 0 Å². The lowest BCUT2D eigenvalue weighted by molar-refractivity contribution is 0.0501. The minimum Gasteiger partial charge on any atom is -0.508 e. The van der Waals surface area contributed by atoms with Crippen molar-refractivity contribution in [2.24, 2.45) is 7.05 Å². The van der Waals surface area contributed by atoms with Crippen molar-refractivity contribution >= 4 is 11.0 Å². The Balaban J connectivity index is 1.32. The predicted octanol–water partition coefficient (Wildman–Crippen LogP) is 4.25. The number of piperazine rings is 1. The first-order valence-electron chi connectivity index (χ1n) is 14.7. The van der Waals surface area contributed by atoms with E-state index in [0.717, 1.165) is 81.0 Å². The van der Waals surface area contributed by atoms with Gasteiger partial charge in [0.25, 0.3) is 0 Å². The SMILES string of the molecule is CCCC(c1nc2cc(CN3CCC(c4cccc(O)c4)(N(C)C)CC3)ncc2n1C)N1C[C@@H](C)N[C@@H](C)C1. The highest BCUT2D eigenvalue weighted by atomic mass is 16.3. The van der Waals surface area contributed by atoms with Gasteiger partial charge in [-0.3, -0.25) is 19.7 Å². The molecule has 2 N–H and O–H groups in total. The number of nitrogens with zero attached hydrogens (tertiary/aromatic N) is 6. The number of aromatic hydroxyl groups is 1. The Kier molecular flexibility index (Phi) is 8.29. The van der Waals surface area contributed by atoms with E-state index in [1.54, 1.807) is 6.07 Å². The predicted molar refractivity (Wildman–Crippen MR) is 158 cm³/mol. The van der Waals surface area contributed by atoms with Gasteiger partial charge in [-0.1, -0.05) is 25.5 Å². The van der Waals surface area contributed by atoms with Crippen molar-refractivity contribution in [1.29, 1.82) is 0 Å². The minimum absolute atomic E-state index is 0.0598. The van der Waals surface area contributed by atoms with Gasteiger partial charge in [0.05, 0.1) is 29.0 Å². The van der Waals surface area contributed by atoms with E-state index in [9.17, 15) is 5.11 Å². The molecule has 1 unspecified atom stereocenters. The van der Waals surface area contributed by atoms with Crippen LogP contribution in [0.1, 0.15) is 69.6 Å². The molecule has 8 nitrogen and oxygen atoms in total. The molecule has 0 saturated carbocycles. The topological polar surface area (TPSA) is 72.7 Å². The van der Waals surface area contributed by atoms with Crippen molar-refractivity contribution in [2.45, 2.75) is 76.7 Å². The molecule has 4 heterocycles. The summed E-state index contributed by atoms with van der Waals surface area (Å²) in [5, 5.41) is 13.8. The highest BCUT2D eigenvalue weighted by Gasteiger charge is 2.38. The number of fused-ring (bicyclic) bond motifs is 1. The van der Waals surface area contributed by atoms with Crippen molar-refractivity contribution < 1.29 is 5.11 Å². The molecule has 2 aromatic heterocycles. The fraction of sp³-hybridized carbons (Fsp3) is 0.613. The van der Waals surface area contributed by atoms with Crippen LogP contribution in [0.5, 0.6) is 5.75 Å². The molecular formula is C31H47N7O. The van der Waals surface area contributed by atoms with Gasteiger partial charge in [0.1, 0.15) is 11.6 Å². The molecule has 5 rings (SSSR count). The standard InChI is InChI=1S/C31H47N7O/c1-7-9-28(38-19-22(2)33-23(3)20-38)30-34-27-17-25(32-18-29(27)36(30)6)21-37-14-12-31(13-15-37,35(4)5)24-10-8-11-26(39)16-24/h8,10-11,16-18,22-23,28,33,39H,7,9,12-15,19-21H2,1-6H3/t22-,23+,28?. The second kappa shape index (κ2) is 11.5. The number of likely N-dealkylation sites (tertiary alicyclic amines) is 1. The van der Waals surface area contributed by atoms with Crippen LogP contribution in [0.3, 0.4) is 0 Å². The molecule has 0 amide bonds. The van der Waals surface area contributed by atoms with E-state index in [1.807, 2.05) is 18.3 Å². The maximum atomic E-state index is 10.1. The van der Waals surface area contributed by atoms with Gasteiger partial charge in [0.2, 0.25) is 0 Å². The smallest absolute Gasteiger partial charge is 0.127 e. The minimum atomic E-state index is -0.0598. The fourth-order valence-corrected chi connectivity index (χ4v) is 7.01. The summed E-state index contributed by atoms with van der Waals surface area (Å²) < 4.78 is 2.27. The van der Waals surface area contributed by atoms with Crippen LogP contribution in [0.15, 0.2) is 36.5 Å². The average Bonchev–Trinajstić information content (AvgIpc) is 3.22. The number of phenolic OH excluding ortho intramolecular Hbond substituents is 1. The fourth-order valence-electron chi connectivity index (χ4n) is 7.01. The van der Waals surface area contributed by atoms with E-state index in [-0.39, 0.29) is 5.54 Å². The summed E-state index contributed by atoms with van der Waals surface area (Å²) in [5.74, 6) is 1.50. The van der Waals surface area contributed by atoms with Crippen molar-refractivity contribution in [3.8, 4) is 5.75 Å². The van der Waals surface area contributed by atoms with Crippen molar-refractivity contribution in [3.05, 3.63) is 53.6 Å². The van der Waals surface area contributed by atoms with Gasteiger partial charge >= 0.3 is 0 Å². The van der Waals surface area contributed by atoms with Crippen LogP contribution in [-0.2, 0) is 19.1 Å². The van der Waals surface area contributed by atoms with Crippen molar-refractivity contribution in [3.63, 3.8) is 0 Å². The zero-order valence-electron chi connectivity index (χ0n) is 24.7. The first-order valence-corrected chi connectivity index (χ1v) is 14.7. The summed E-state index contributed by atoms with van der Waals surface area (Å²) in [7, 11) is 6.46. The third-order valence-electron chi connectivity index (χ3n) is 9.05. The average molecular weight is 534 g/mol. The number of piperidine rings is 1. The van der Waals surface area contributed by atoms with E-state index in [4.69, 9.17) is 9.97 Å². The Morgan fingerprint density at radius 1 is 1.13 bits per heavy atom. The van der Waals surface area contributed by atoms with Crippen LogP contribution < -0.4 is 5.32 Å². The Morgan fingerprint density at radius 2 is 1.85 bits per heavy atom. The second-order valence-electron chi connectivity index (χ2n) is 12.2. The first kappa shape index (κ1) is 28.0. The van der Waals surface area contributed by atoms with Crippen LogP contribution in [-0.4, -0.2) is 86.7 Å². The number of aryl methyl sites for hydroxylation is 1. The normalized spacial score (nSPS) is 23.5. The maximum absolute atomic E-state index is 10.1. The molecule has 39 heavy (non-hydrogen) atoms. The summed E-state index contributed by atoms with van der Waals surface area (Å²) in [6.45, 7) is 11.7. The van der Waals surface area contributed by atoms with E-state index in [0.29, 0.717) is 23.9 Å². The monoisotopic (exact) mass is 533 g/mol. The van der Waals surface area contributed by atoms with Gasteiger partial charge < -0.3 is 15.0 Å². The van der Waals surface area contributed by atoms with Gasteiger partial charge in [-0.2, -0.15) is 0 Å². The maximum Gasteiger partial charge on any atom is 0.127 e. The van der Waals surface area contributed by atoms with Crippen LogP contribution in [0.2, 0.25) is 0 Å². The number of nitrogens with one attached hydrogen (secondary N) is 1. The van der Waals surface area contributed by atoms with Crippen LogP contribution in [0, 0.1) is 0 Å². The number of rotatable bonds is 8. The molecule has 2 saturated heterocycles. The molecular weight excluding hydrogens is 486 g/mol. The van der Waals surface area contributed by atoms with Crippen LogP contribution in [0.4, 0.5) is 0 Å². The lowest BCUT2D eigenvalue weighted by Crippen LogP contribution is -2.55. The Morgan fingerprint density at radius 3 is 2.49 bits per heavy atom. The van der Waals surface area contributed by atoms with Gasteiger partial charge in [0.15, 0.2) is 0 Å².